The first-order valence-electron chi connectivity index (χ1n) is 10.7. The number of benzene rings is 4. The molecule has 0 unspecified atom stereocenters. The second kappa shape index (κ2) is 6.59. The molecule has 2 aliphatic rings. The van der Waals surface area contributed by atoms with Crippen LogP contribution in [-0.4, -0.2) is 34.6 Å². The molecule has 0 radical (unpaired) electrons. The van der Waals surface area contributed by atoms with Gasteiger partial charge in [0, 0.05) is 44.5 Å². The molecule has 33 heavy (non-hydrogen) atoms. The number of anilines is 1. The summed E-state index contributed by atoms with van der Waals surface area (Å²) >= 11 is 0. The normalized spacial score (nSPS) is 15.4. The Balaban J connectivity index is 1.62. The van der Waals surface area contributed by atoms with Crippen LogP contribution < -0.4 is 4.90 Å². The molecule has 0 saturated heterocycles. The molecule has 4 amide bonds. The Bertz CT molecular complexity index is 1510. The largest absolute Gasteiger partial charge is 0.272 e. The minimum Gasteiger partial charge on any atom is -0.272 e. The lowest BCUT2D eigenvalue weighted by molar-refractivity contribution is 0.0562. The van der Waals surface area contributed by atoms with Gasteiger partial charge in [0.1, 0.15) is 0 Å². The fourth-order valence-electron chi connectivity index (χ4n) is 4.98. The molecular weight excluding hydrogens is 416 g/mol. The first-order valence-corrected chi connectivity index (χ1v) is 10.7. The number of carbonyl (C=O) groups is 4. The third kappa shape index (κ3) is 2.43. The topological polar surface area (TPSA) is 74.8 Å². The van der Waals surface area contributed by atoms with Gasteiger partial charge in [0.2, 0.25) is 0 Å². The minimum absolute atomic E-state index is 0.303. The van der Waals surface area contributed by atoms with Gasteiger partial charge in [-0.1, -0.05) is 36.4 Å². The van der Waals surface area contributed by atoms with E-state index in [0.29, 0.717) is 38.7 Å². The highest BCUT2D eigenvalue weighted by atomic mass is 16.2. The number of rotatable bonds is 2. The summed E-state index contributed by atoms with van der Waals surface area (Å²) < 4.78 is 0. The number of amides is 4. The van der Waals surface area contributed by atoms with Gasteiger partial charge in [-0.05, 0) is 49.6 Å². The molecule has 6 nitrogen and oxygen atoms in total. The van der Waals surface area contributed by atoms with E-state index in [1.807, 2.05) is 36.4 Å². The number of carbonyl (C=O) groups excluding carboxylic acids is 4. The van der Waals surface area contributed by atoms with Crippen molar-refractivity contribution in [1.29, 1.82) is 0 Å². The summed E-state index contributed by atoms with van der Waals surface area (Å²) in [7, 11) is 0. The van der Waals surface area contributed by atoms with Crippen molar-refractivity contribution in [2.45, 2.75) is 19.9 Å². The van der Waals surface area contributed by atoms with Crippen LogP contribution in [0.5, 0.6) is 0 Å². The summed E-state index contributed by atoms with van der Waals surface area (Å²) in [6.45, 7) is 3.55. The molecule has 4 aromatic carbocycles. The van der Waals surface area contributed by atoms with E-state index in [9.17, 15) is 19.2 Å². The molecule has 0 aromatic heterocycles. The van der Waals surface area contributed by atoms with Crippen LogP contribution in [0.15, 0.2) is 66.7 Å². The van der Waals surface area contributed by atoms with E-state index in [4.69, 9.17) is 0 Å². The third-order valence-corrected chi connectivity index (χ3v) is 6.45. The lowest BCUT2D eigenvalue weighted by atomic mass is 9.85. The Morgan fingerprint density at radius 3 is 1.61 bits per heavy atom. The molecule has 0 atom stereocenters. The Morgan fingerprint density at radius 1 is 0.576 bits per heavy atom. The maximum atomic E-state index is 13.6. The standard InChI is InChI=1S/C27H18N2O4/c1-14(2)28-24(30)17-10-12-19-23-20(13-11-18(22(17)23)25(28)31)27(33)29(26(19)32)21-9-5-7-15-6-3-4-8-16(15)21/h3-14H,1-2H3. The van der Waals surface area contributed by atoms with Crippen molar-refractivity contribution in [2.24, 2.45) is 0 Å². The van der Waals surface area contributed by atoms with Gasteiger partial charge in [0.25, 0.3) is 23.6 Å². The quantitative estimate of drug-likeness (QED) is 0.425. The summed E-state index contributed by atoms with van der Waals surface area (Å²) in [6, 6.07) is 19.1. The van der Waals surface area contributed by atoms with Gasteiger partial charge in [-0.2, -0.15) is 0 Å². The first-order chi connectivity index (χ1) is 15.9. The number of fused-ring (bicyclic) bond motifs is 1. The second-order valence-electron chi connectivity index (χ2n) is 8.59. The highest BCUT2D eigenvalue weighted by Gasteiger charge is 2.41. The lowest BCUT2D eigenvalue weighted by Gasteiger charge is -2.33. The molecule has 160 valence electrons. The van der Waals surface area contributed by atoms with Crippen LogP contribution in [0.1, 0.15) is 55.3 Å². The van der Waals surface area contributed by atoms with Crippen LogP contribution >= 0.6 is 0 Å². The highest BCUT2D eigenvalue weighted by Crippen LogP contribution is 2.40. The predicted octanol–water partition coefficient (Wildman–Crippen LogP) is 4.80. The number of nitrogens with zero attached hydrogens (tertiary/aromatic N) is 2. The molecule has 6 heteroatoms. The van der Waals surface area contributed by atoms with Gasteiger partial charge in [0.05, 0.1) is 5.69 Å². The van der Waals surface area contributed by atoms with E-state index in [-0.39, 0.29) is 6.04 Å². The van der Waals surface area contributed by atoms with Gasteiger partial charge >= 0.3 is 0 Å². The van der Waals surface area contributed by atoms with Crippen LogP contribution in [0.2, 0.25) is 0 Å². The predicted molar refractivity (Wildman–Crippen MR) is 125 cm³/mol. The number of hydrogen-bond donors (Lipinski definition) is 0. The van der Waals surface area contributed by atoms with Gasteiger partial charge < -0.3 is 0 Å². The molecule has 0 spiro atoms. The summed E-state index contributed by atoms with van der Waals surface area (Å²) in [5.74, 6) is -1.78. The minimum atomic E-state index is -0.473. The van der Waals surface area contributed by atoms with Crippen molar-refractivity contribution in [1.82, 2.24) is 4.90 Å². The van der Waals surface area contributed by atoms with Crippen molar-refractivity contribution in [3.8, 4) is 0 Å². The lowest BCUT2D eigenvalue weighted by Crippen LogP contribution is -2.46. The average molecular weight is 434 g/mol. The molecule has 4 aromatic rings. The van der Waals surface area contributed by atoms with E-state index < -0.39 is 23.6 Å². The number of imide groups is 2. The molecule has 0 bridgehead atoms. The SMILES string of the molecule is CC(C)N1C(=O)c2ccc3c4c(ccc(c24)C1=O)C(=O)N(c1cccc2ccccc12)C3=O. The monoisotopic (exact) mass is 434 g/mol. The van der Waals surface area contributed by atoms with E-state index in [2.05, 4.69) is 0 Å². The van der Waals surface area contributed by atoms with Gasteiger partial charge in [-0.25, -0.2) is 4.90 Å². The van der Waals surface area contributed by atoms with Crippen LogP contribution in [0.25, 0.3) is 21.5 Å². The molecule has 6 rings (SSSR count). The van der Waals surface area contributed by atoms with Crippen molar-refractivity contribution in [3.05, 3.63) is 89.0 Å². The summed E-state index contributed by atoms with van der Waals surface area (Å²) in [5, 5.41) is 2.46. The Kier molecular flexibility index (Phi) is 3.87. The fourth-order valence-corrected chi connectivity index (χ4v) is 4.98. The van der Waals surface area contributed by atoms with Crippen LogP contribution in [0.3, 0.4) is 0 Å². The molecule has 0 fully saturated rings. The Morgan fingerprint density at radius 2 is 1.06 bits per heavy atom. The van der Waals surface area contributed by atoms with Crippen molar-refractivity contribution >= 4 is 50.9 Å². The van der Waals surface area contributed by atoms with Crippen LogP contribution in [0.4, 0.5) is 5.69 Å². The molecule has 0 N–H and O–H groups in total. The molecule has 2 heterocycles. The second-order valence-corrected chi connectivity index (χ2v) is 8.59. The molecular formula is C27H18N2O4. The zero-order valence-corrected chi connectivity index (χ0v) is 18.0. The Hall–Kier alpha value is -4.32. The van der Waals surface area contributed by atoms with Gasteiger partial charge in [0.15, 0.2) is 0 Å². The smallest absolute Gasteiger partial charge is 0.266 e. The van der Waals surface area contributed by atoms with E-state index >= 15 is 0 Å². The third-order valence-electron chi connectivity index (χ3n) is 6.45. The number of hydrogen-bond acceptors (Lipinski definition) is 4. The van der Waals surface area contributed by atoms with Crippen LogP contribution in [-0.2, 0) is 0 Å². The first kappa shape index (κ1) is 19.4. The summed E-state index contributed by atoms with van der Waals surface area (Å²) in [4.78, 5) is 55.9. The molecule has 0 aliphatic carbocycles. The zero-order chi connectivity index (χ0) is 23.0. The fraction of sp³-hybridized carbons (Fsp3) is 0.111. The van der Waals surface area contributed by atoms with E-state index in [1.165, 1.54) is 9.80 Å². The van der Waals surface area contributed by atoms with E-state index in [0.717, 1.165) is 10.8 Å². The van der Waals surface area contributed by atoms with Crippen molar-refractivity contribution in [2.75, 3.05) is 4.90 Å². The summed E-state index contributed by atoms with van der Waals surface area (Å²) in [6.07, 6.45) is 0. The summed E-state index contributed by atoms with van der Waals surface area (Å²) in [5.41, 5.74) is 1.77. The van der Waals surface area contributed by atoms with E-state index in [1.54, 1.807) is 44.2 Å². The molecule has 2 aliphatic heterocycles. The maximum absolute atomic E-state index is 13.6. The van der Waals surface area contributed by atoms with Gasteiger partial charge in [-0.3, -0.25) is 24.1 Å². The zero-order valence-electron chi connectivity index (χ0n) is 18.0. The Labute approximate surface area is 189 Å². The maximum Gasteiger partial charge on any atom is 0.266 e. The van der Waals surface area contributed by atoms with Crippen LogP contribution in [0, 0.1) is 0 Å². The van der Waals surface area contributed by atoms with Gasteiger partial charge in [-0.15, -0.1) is 0 Å². The average Bonchev–Trinajstić information content (AvgIpc) is 2.81. The highest BCUT2D eigenvalue weighted by molar-refractivity contribution is 6.40. The molecule has 0 saturated carbocycles. The van der Waals surface area contributed by atoms with Crippen molar-refractivity contribution in [3.63, 3.8) is 0 Å². The van der Waals surface area contributed by atoms with Crippen molar-refractivity contribution < 1.29 is 19.2 Å².